The highest BCUT2D eigenvalue weighted by atomic mass is 16.3. The van der Waals surface area contributed by atoms with Crippen molar-refractivity contribution in [3.63, 3.8) is 0 Å². The molecule has 3 nitrogen and oxygen atoms in total. The molecule has 2 N–H and O–H groups in total. The molecule has 2 rings (SSSR count). The van der Waals surface area contributed by atoms with Gasteiger partial charge in [-0.15, -0.1) is 0 Å². The minimum absolute atomic E-state index is 0.344. The quantitative estimate of drug-likeness (QED) is 0.887. The molecular weight excluding hydrogens is 248 g/mol. The summed E-state index contributed by atoms with van der Waals surface area (Å²) >= 11 is 0. The van der Waals surface area contributed by atoms with Crippen LogP contribution < -0.4 is 5.32 Å². The van der Waals surface area contributed by atoms with Gasteiger partial charge >= 0.3 is 0 Å². The van der Waals surface area contributed by atoms with Gasteiger partial charge in [-0.2, -0.15) is 0 Å². The van der Waals surface area contributed by atoms with Gasteiger partial charge in [-0.3, -0.25) is 4.90 Å². The average Bonchev–Trinajstić information content (AvgIpc) is 2.63. The SMILES string of the molecule is CCC(C)C1CN(Cc2ccc(O)cc2)C(C)CCN1. The van der Waals surface area contributed by atoms with E-state index in [0.29, 0.717) is 23.8 Å². The van der Waals surface area contributed by atoms with E-state index in [1.54, 1.807) is 12.1 Å². The Hall–Kier alpha value is -1.06. The summed E-state index contributed by atoms with van der Waals surface area (Å²) in [4.78, 5) is 2.57. The van der Waals surface area contributed by atoms with Gasteiger partial charge in [0.25, 0.3) is 0 Å². The fraction of sp³-hybridized carbons (Fsp3) is 0.647. The Labute approximate surface area is 123 Å². The van der Waals surface area contributed by atoms with Crippen molar-refractivity contribution in [2.24, 2.45) is 5.92 Å². The first-order valence-electron chi connectivity index (χ1n) is 7.85. The highest BCUT2D eigenvalue weighted by Crippen LogP contribution is 2.19. The van der Waals surface area contributed by atoms with Crippen LogP contribution in [0.3, 0.4) is 0 Å². The lowest BCUT2D eigenvalue weighted by molar-refractivity contribution is 0.180. The van der Waals surface area contributed by atoms with Crippen molar-refractivity contribution in [3.8, 4) is 5.75 Å². The summed E-state index contributed by atoms with van der Waals surface area (Å²) in [6.45, 7) is 10.1. The molecule has 1 aliphatic rings. The molecule has 1 aromatic rings. The van der Waals surface area contributed by atoms with Crippen LogP contribution in [-0.4, -0.2) is 35.2 Å². The smallest absolute Gasteiger partial charge is 0.115 e. The van der Waals surface area contributed by atoms with Gasteiger partial charge in [0.05, 0.1) is 0 Å². The number of phenolic OH excluding ortho intramolecular Hbond substituents is 1. The number of rotatable bonds is 4. The standard InChI is InChI=1S/C17H28N2O/c1-4-13(2)17-12-19(14(3)9-10-18-17)11-15-5-7-16(20)8-6-15/h5-8,13-14,17-18,20H,4,9-12H2,1-3H3. The third-order valence-corrected chi connectivity index (χ3v) is 4.68. The second kappa shape index (κ2) is 7.09. The zero-order valence-electron chi connectivity index (χ0n) is 13.0. The molecule has 3 heteroatoms. The van der Waals surface area contributed by atoms with E-state index in [2.05, 4.69) is 31.0 Å². The van der Waals surface area contributed by atoms with Crippen molar-refractivity contribution >= 4 is 0 Å². The van der Waals surface area contributed by atoms with Crippen LogP contribution in [0.2, 0.25) is 0 Å². The van der Waals surface area contributed by atoms with Gasteiger partial charge in [0.1, 0.15) is 5.75 Å². The Morgan fingerprint density at radius 3 is 2.70 bits per heavy atom. The molecule has 112 valence electrons. The average molecular weight is 276 g/mol. The zero-order valence-corrected chi connectivity index (χ0v) is 13.0. The van der Waals surface area contributed by atoms with Crippen LogP contribution in [-0.2, 0) is 6.54 Å². The van der Waals surface area contributed by atoms with Crippen molar-refractivity contribution in [1.82, 2.24) is 10.2 Å². The van der Waals surface area contributed by atoms with Crippen LogP contribution >= 0.6 is 0 Å². The van der Waals surface area contributed by atoms with E-state index in [-0.39, 0.29) is 0 Å². The Kier molecular flexibility index (Phi) is 5.44. The van der Waals surface area contributed by atoms with Gasteiger partial charge in [0.15, 0.2) is 0 Å². The number of phenols is 1. The van der Waals surface area contributed by atoms with Gasteiger partial charge in [-0.1, -0.05) is 32.4 Å². The number of hydrogen-bond donors (Lipinski definition) is 2. The maximum absolute atomic E-state index is 9.38. The monoisotopic (exact) mass is 276 g/mol. The molecule has 1 heterocycles. The minimum Gasteiger partial charge on any atom is -0.508 e. The van der Waals surface area contributed by atoms with Crippen LogP contribution in [0.25, 0.3) is 0 Å². The summed E-state index contributed by atoms with van der Waals surface area (Å²) in [5.41, 5.74) is 1.28. The van der Waals surface area contributed by atoms with E-state index in [1.807, 2.05) is 12.1 Å². The maximum atomic E-state index is 9.38. The van der Waals surface area contributed by atoms with Crippen molar-refractivity contribution in [3.05, 3.63) is 29.8 Å². The van der Waals surface area contributed by atoms with Gasteiger partial charge in [0, 0.05) is 25.2 Å². The maximum Gasteiger partial charge on any atom is 0.115 e. The fourth-order valence-corrected chi connectivity index (χ4v) is 2.88. The Bertz CT molecular complexity index is 404. The molecule has 0 amide bonds. The predicted molar refractivity (Wildman–Crippen MR) is 83.8 cm³/mol. The summed E-state index contributed by atoms with van der Waals surface area (Å²) in [6, 6.07) is 8.80. The molecule has 0 bridgehead atoms. The number of benzene rings is 1. The molecule has 0 saturated carbocycles. The van der Waals surface area contributed by atoms with Gasteiger partial charge < -0.3 is 10.4 Å². The molecule has 1 aliphatic heterocycles. The van der Waals surface area contributed by atoms with E-state index in [1.165, 1.54) is 18.4 Å². The number of nitrogens with one attached hydrogen (secondary N) is 1. The van der Waals surface area contributed by atoms with Crippen LogP contribution in [0.1, 0.15) is 39.2 Å². The molecule has 0 spiro atoms. The Morgan fingerprint density at radius 2 is 2.05 bits per heavy atom. The molecule has 3 atom stereocenters. The zero-order chi connectivity index (χ0) is 14.5. The first-order valence-corrected chi connectivity index (χ1v) is 7.85. The van der Waals surface area contributed by atoms with E-state index in [4.69, 9.17) is 0 Å². The predicted octanol–water partition coefficient (Wildman–Crippen LogP) is 2.99. The lowest BCUT2D eigenvalue weighted by Gasteiger charge is -2.31. The summed E-state index contributed by atoms with van der Waals surface area (Å²) < 4.78 is 0. The van der Waals surface area contributed by atoms with Crippen molar-refractivity contribution in [2.45, 2.75) is 52.2 Å². The Morgan fingerprint density at radius 1 is 1.35 bits per heavy atom. The van der Waals surface area contributed by atoms with E-state index in [9.17, 15) is 5.11 Å². The van der Waals surface area contributed by atoms with Crippen molar-refractivity contribution in [1.29, 1.82) is 0 Å². The molecule has 0 radical (unpaired) electrons. The van der Waals surface area contributed by atoms with Crippen molar-refractivity contribution < 1.29 is 5.11 Å². The third kappa shape index (κ3) is 3.97. The summed E-state index contributed by atoms with van der Waals surface area (Å²) in [7, 11) is 0. The first-order chi connectivity index (χ1) is 9.60. The summed E-state index contributed by atoms with van der Waals surface area (Å²) in [6.07, 6.45) is 2.42. The lowest BCUT2D eigenvalue weighted by Crippen LogP contribution is -2.43. The van der Waals surface area contributed by atoms with E-state index in [0.717, 1.165) is 19.6 Å². The highest BCUT2D eigenvalue weighted by molar-refractivity contribution is 5.25. The topological polar surface area (TPSA) is 35.5 Å². The number of aromatic hydroxyl groups is 1. The van der Waals surface area contributed by atoms with E-state index >= 15 is 0 Å². The second-order valence-corrected chi connectivity index (χ2v) is 6.18. The molecular formula is C17H28N2O. The highest BCUT2D eigenvalue weighted by Gasteiger charge is 2.25. The second-order valence-electron chi connectivity index (χ2n) is 6.18. The van der Waals surface area contributed by atoms with Crippen molar-refractivity contribution in [2.75, 3.05) is 13.1 Å². The van der Waals surface area contributed by atoms with Crippen LogP contribution in [0.15, 0.2) is 24.3 Å². The lowest BCUT2D eigenvalue weighted by atomic mass is 9.98. The van der Waals surface area contributed by atoms with Gasteiger partial charge in [-0.25, -0.2) is 0 Å². The van der Waals surface area contributed by atoms with Crippen LogP contribution in [0.5, 0.6) is 5.75 Å². The molecule has 0 aromatic heterocycles. The molecule has 1 aromatic carbocycles. The molecule has 0 aliphatic carbocycles. The molecule has 1 fully saturated rings. The molecule has 20 heavy (non-hydrogen) atoms. The largest absolute Gasteiger partial charge is 0.508 e. The molecule has 3 unspecified atom stereocenters. The first kappa shape index (κ1) is 15.3. The van der Waals surface area contributed by atoms with Crippen LogP contribution in [0, 0.1) is 5.92 Å². The van der Waals surface area contributed by atoms with Gasteiger partial charge in [-0.05, 0) is 43.5 Å². The van der Waals surface area contributed by atoms with Crippen LogP contribution in [0.4, 0.5) is 0 Å². The Balaban J connectivity index is 2.04. The third-order valence-electron chi connectivity index (χ3n) is 4.68. The van der Waals surface area contributed by atoms with Gasteiger partial charge in [0.2, 0.25) is 0 Å². The number of hydrogen-bond acceptors (Lipinski definition) is 3. The fourth-order valence-electron chi connectivity index (χ4n) is 2.88. The molecule has 1 saturated heterocycles. The normalized spacial score (nSPS) is 26.1. The summed E-state index contributed by atoms with van der Waals surface area (Å²) in [5, 5.41) is 13.1. The van der Waals surface area contributed by atoms with E-state index < -0.39 is 0 Å². The number of nitrogens with zero attached hydrogens (tertiary/aromatic N) is 1. The summed E-state index contributed by atoms with van der Waals surface area (Å²) in [5.74, 6) is 1.06. The minimum atomic E-state index is 0.344.